The van der Waals surface area contributed by atoms with Gasteiger partial charge in [0.25, 0.3) is 0 Å². The Balaban J connectivity index is 2.00. The van der Waals surface area contributed by atoms with Gasteiger partial charge >= 0.3 is 0 Å². The Bertz CT molecular complexity index is 427. The molecule has 1 aliphatic rings. The minimum atomic E-state index is -0.721. The number of benzene rings is 1. The van der Waals surface area contributed by atoms with Gasteiger partial charge in [0.15, 0.2) is 0 Å². The van der Waals surface area contributed by atoms with E-state index in [-0.39, 0.29) is 0 Å². The predicted molar refractivity (Wildman–Crippen MR) is 75.3 cm³/mol. The Hall–Kier alpha value is -1.26. The summed E-state index contributed by atoms with van der Waals surface area (Å²) in [4.78, 5) is 0. The maximum atomic E-state index is 10.1. The highest BCUT2D eigenvalue weighted by molar-refractivity contribution is 5.38. The van der Waals surface area contributed by atoms with Gasteiger partial charge < -0.3 is 5.11 Å². The molecular formula is C17H22O. The van der Waals surface area contributed by atoms with Crippen molar-refractivity contribution < 1.29 is 5.11 Å². The normalized spacial score (nSPS) is 17.2. The first-order valence-electron chi connectivity index (χ1n) is 7.06. The van der Waals surface area contributed by atoms with Crippen molar-refractivity contribution in [3.05, 3.63) is 35.4 Å². The standard InChI is InChI=1S/C17H22O/c1-2-3-6-15-7-9-16(10-8-15)11-14-17(18)12-4-5-13-17/h7-10,18H,2-6,12-13H2,1H3. The van der Waals surface area contributed by atoms with Gasteiger partial charge in [-0.05, 0) is 56.2 Å². The van der Waals surface area contributed by atoms with E-state index in [0.717, 1.165) is 37.7 Å². The van der Waals surface area contributed by atoms with Crippen LogP contribution in [0.4, 0.5) is 0 Å². The highest BCUT2D eigenvalue weighted by atomic mass is 16.3. The fourth-order valence-corrected chi connectivity index (χ4v) is 2.41. The van der Waals surface area contributed by atoms with Crippen LogP contribution in [-0.4, -0.2) is 10.7 Å². The third kappa shape index (κ3) is 3.62. The maximum Gasteiger partial charge on any atom is 0.125 e. The van der Waals surface area contributed by atoms with Crippen LogP contribution in [0.2, 0.25) is 0 Å². The predicted octanol–water partition coefficient (Wildman–Crippen LogP) is 3.69. The van der Waals surface area contributed by atoms with Crippen molar-refractivity contribution in [3.8, 4) is 11.8 Å². The zero-order chi connectivity index (χ0) is 12.8. The molecule has 1 saturated carbocycles. The Morgan fingerprint density at radius 3 is 2.44 bits per heavy atom. The first-order chi connectivity index (χ1) is 8.72. The van der Waals surface area contributed by atoms with Crippen LogP contribution < -0.4 is 0 Å². The van der Waals surface area contributed by atoms with E-state index in [1.165, 1.54) is 18.4 Å². The molecule has 0 amide bonds. The zero-order valence-corrected chi connectivity index (χ0v) is 11.2. The molecule has 1 N–H and O–H groups in total. The topological polar surface area (TPSA) is 20.2 Å². The second-order valence-corrected chi connectivity index (χ2v) is 5.29. The van der Waals surface area contributed by atoms with Crippen LogP contribution in [0.5, 0.6) is 0 Å². The summed E-state index contributed by atoms with van der Waals surface area (Å²) in [5, 5.41) is 10.1. The molecule has 0 aromatic heterocycles. The van der Waals surface area contributed by atoms with E-state index in [0.29, 0.717) is 0 Å². The van der Waals surface area contributed by atoms with Crippen molar-refractivity contribution in [1.82, 2.24) is 0 Å². The summed E-state index contributed by atoms with van der Waals surface area (Å²) < 4.78 is 0. The molecule has 0 saturated heterocycles. The van der Waals surface area contributed by atoms with Gasteiger partial charge in [0, 0.05) is 5.56 Å². The molecule has 0 aliphatic heterocycles. The molecule has 1 heteroatoms. The van der Waals surface area contributed by atoms with Gasteiger partial charge in [-0.15, -0.1) is 0 Å². The first kappa shape index (κ1) is 13.2. The number of unbranched alkanes of at least 4 members (excludes halogenated alkanes) is 1. The summed E-state index contributed by atoms with van der Waals surface area (Å²) in [6, 6.07) is 8.43. The van der Waals surface area contributed by atoms with Crippen molar-refractivity contribution in [1.29, 1.82) is 0 Å². The molecule has 0 spiro atoms. The summed E-state index contributed by atoms with van der Waals surface area (Å²) in [6.07, 6.45) is 7.47. The third-order valence-electron chi connectivity index (χ3n) is 3.64. The summed E-state index contributed by atoms with van der Waals surface area (Å²) in [5.41, 5.74) is 1.67. The SMILES string of the molecule is CCCCc1ccc(C#CC2(O)CCCC2)cc1. The second-order valence-electron chi connectivity index (χ2n) is 5.29. The molecule has 0 atom stereocenters. The van der Waals surface area contributed by atoms with Crippen molar-refractivity contribution in [2.45, 2.75) is 57.5 Å². The Labute approximate surface area is 110 Å². The highest BCUT2D eigenvalue weighted by Gasteiger charge is 2.28. The summed E-state index contributed by atoms with van der Waals surface area (Å²) in [5.74, 6) is 6.15. The molecule has 2 rings (SSSR count). The van der Waals surface area contributed by atoms with E-state index in [1.807, 2.05) is 0 Å². The molecule has 1 aliphatic carbocycles. The van der Waals surface area contributed by atoms with Crippen LogP contribution in [0.15, 0.2) is 24.3 Å². The van der Waals surface area contributed by atoms with Gasteiger partial charge in [-0.2, -0.15) is 0 Å². The van der Waals surface area contributed by atoms with E-state index in [9.17, 15) is 5.11 Å². The van der Waals surface area contributed by atoms with E-state index < -0.39 is 5.60 Å². The number of hydrogen-bond acceptors (Lipinski definition) is 1. The average molecular weight is 242 g/mol. The summed E-state index contributed by atoms with van der Waals surface area (Å²) >= 11 is 0. The van der Waals surface area contributed by atoms with Crippen LogP contribution in [0.25, 0.3) is 0 Å². The molecule has 1 aromatic carbocycles. The maximum absolute atomic E-state index is 10.1. The molecule has 1 nitrogen and oxygen atoms in total. The van der Waals surface area contributed by atoms with Gasteiger partial charge in [0.2, 0.25) is 0 Å². The molecular weight excluding hydrogens is 220 g/mol. The second kappa shape index (κ2) is 6.07. The third-order valence-corrected chi connectivity index (χ3v) is 3.64. The molecule has 96 valence electrons. The molecule has 0 bridgehead atoms. The van der Waals surface area contributed by atoms with Crippen LogP contribution in [0.3, 0.4) is 0 Å². The summed E-state index contributed by atoms with van der Waals surface area (Å²) in [6.45, 7) is 2.21. The van der Waals surface area contributed by atoms with Crippen molar-refractivity contribution >= 4 is 0 Å². The van der Waals surface area contributed by atoms with Gasteiger partial charge in [-0.3, -0.25) is 0 Å². The van der Waals surface area contributed by atoms with Crippen LogP contribution in [0, 0.1) is 11.8 Å². The molecule has 18 heavy (non-hydrogen) atoms. The van der Waals surface area contributed by atoms with Gasteiger partial charge in [0.1, 0.15) is 5.60 Å². The van der Waals surface area contributed by atoms with Crippen molar-refractivity contribution in [2.75, 3.05) is 0 Å². The quantitative estimate of drug-likeness (QED) is 0.802. The smallest absolute Gasteiger partial charge is 0.125 e. The van der Waals surface area contributed by atoms with Crippen molar-refractivity contribution in [3.63, 3.8) is 0 Å². The van der Waals surface area contributed by atoms with Crippen LogP contribution in [-0.2, 0) is 6.42 Å². The van der Waals surface area contributed by atoms with Crippen molar-refractivity contribution in [2.24, 2.45) is 0 Å². The fraction of sp³-hybridized carbons (Fsp3) is 0.529. The highest BCUT2D eigenvalue weighted by Crippen LogP contribution is 2.28. The minimum Gasteiger partial charge on any atom is -0.378 e. The monoisotopic (exact) mass is 242 g/mol. The lowest BCUT2D eigenvalue weighted by atomic mass is 10.0. The van der Waals surface area contributed by atoms with Crippen LogP contribution in [0.1, 0.15) is 56.6 Å². The fourth-order valence-electron chi connectivity index (χ4n) is 2.41. The van der Waals surface area contributed by atoms with E-state index in [2.05, 4.69) is 43.0 Å². The van der Waals surface area contributed by atoms with Gasteiger partial charge in [-0.25, -0.2) is 0 Å². The Morgan fingerprint density at radius 1 is 1.17 bits per heavy atom. The van der Waals surface area contributed by atoms with Gasteiger partial charge in [0.05, 0.1) is 0 Å². The minimum absolute atomic E-state index is 0.721. The lowest BCUT2D eigenvalue weighted by Crippen LogP contribution is -2.20. The molecule has 0 unspecified atom stereocenters. The van der Waals surface area contributed by atoms with E-state index >= 15 is 0 Å². The molecule has 1 fully saturated rings. The Morgan fingerprint density at radius 2 is 1.83 bits per heavy atom. The number of rotatable bonds is 3. The average Bonchev–Trinajstić information content (AvgIpc) is 2.83. The number of hydrogen-bond donors (Lipinski definition) is 1. The van der Waals surface area contributed by atoms with E-state index in [4.69, 9.17) is 0 Å². The summed E-state index contributed by atoms with van der Waals surface area (Å²) in [7, 11) is 0. The molecule has 0 heterocycles. The number of aryl methyl sites for hydroxylation is 1. The van der Waals surface area contributed by atoms with E-state index in [1.54, 1.807) is 0 Å². The van der Waals surface area contributed by atoms with Gasteiger partial charge in [-0.1, -0.05) is 37.3 Å². The Kier molecular flexibility index (Phi) is 4.44. The lowest BCUT2D eigenvalue weighted by molar-refractivity contribution is 0.110. The number of aliphatic hydroxyl groups is 1. The molecule has 0 radical (unpaired) electrons. The van der Waals surface area contributed by atoms with Crippen LogP contribution >= 0.6 is 0 Å². The zero-order valence-electron chi connectivity index (χ0n) is 11.2. The molecule has 1 aromatic rings. The largest absolute Gasteiger partial charge is 0.378 e. The lowest BCUT2D eigenvalue weighted by Gasteiger charge is -2.12. The first-order valence-corrected chi connectivity index (χ1v) is 7.06.